The molecule has 36 heavy (non-hydrogen) atoms. The van der Waals surface area contributed by atoms with Gasteiger partial charge >= 0.3 is 5.97 Å². The number of rotatable bonds is 9. The van der Waals surface area contributed by atoms with Crippen molar-refractivity contribution in [1.29, 1.82) is 0 Å². The van der Waals surface area contributed by atoms with Gasteiger partial charge in [0.15, 0.2) is 11.6 Å². The Morgan fingerprint density at radius 3 is 2.64 bits per heavy atom. The molecule has 190 valence electrons. The second-order valence-electron chi connectivity index (χ2n) is 8.22. The highest BCUT2D eigenvalue weighted by Crippen LogP contribution is 2.32. The zero-order chi connectivity index (χ0) is 26.0. The van der Waals surface area contributed by atoms with Crippen LogP contribution in [0.3, 0.4) is 0 Å². The monoisotopic (exact) mass is 550 g/mol. The molecule has 0 saturated heterocycles. The quantitative estimate of drug-likeness (QED) is 0.415. The predicted octanol–water partition coefficient (Wildman–Crippen LogP) is 3.05. The van der Waals surface area contributed by atoms with Crippen LogP contribution in [0.15, 0.2) is 64.8 Å². The number of aliphatic carboxylic acids is 1. The van der Waals surface area contributed by atoms with Gasteiger partial charge in [-0.05, 0) is 48.6 Å². The fourth-order valence-corrected chi connectivity index (χ4v) is 6.46. The lowest BCUT2D eigenvalue weighted by molar-refractivity contribution is -0.135. The molecule has 1 atom stereocenters. The van der Waals surface area contributed by atoms with Crippen molar-refractivity contribution >= 4 is 61.6 Å². The fraction of sp³-hybridized carbons (Fsp3) is 0.261. The van der Waals surface area contributed by atoms with Crippen LogP contribution in [-0.2, 0) is 14.8 Å². The van der Waals surface area contributed by atoms with E-state index in [2.05, 4.69) is 10.2 Å². The van der Waals surface area contributed by atoms with E-state index in [0.29, 0.717) is 30.1 Å². The number of carbonyl (C=O) groups is 1. The van der Waals surface area contributed by atoms with Crippen molar-refractivity contribution in [2.45, 2.75) is 11.7 Å². The van der Waals surface area contributed by atoms with Crippen LogP contribution in [0.4, 0.5) is 11.5 Å². The minimum atomic E-state index is -4.15. The van der Waals surface area contributed by atoms with Gasteiger partial charge in [-0.3, -0.25) is 13.7 Å². The van der Waals surface area contributed by atoms with E-state index in [4.69, 9.17) is 28.9 Å². The summed E-state index contributed by atoms with van der Waals surface area (Å²) >= 11 is 12.1. The van der Waals surface area contributed by atoms with E-state index in [1.54, 1.807) is 30.5 Å². The van der Waals surface area contributed by atoms with E-state index >= 15 is 0 Å². The average Bonchev–Trinajstić information content (AvgIpc) is 3.25. The third-order valence-electron chi connectivity index (χ3n) is 5.71. The Labute approximate surface area is 218 Å². The van der Waals surface area contributed by atoms with Gasteiger partial charge in [-0.15, -0.1) is 10.2 Å². The molecule has 4 rings (SSSR count). The summed E-state index contributed by atoms with van der Waals surface area (Å²) in [7, 11) is -2.27. The molecule has 0 spiro atoms. The van der Waals surface area contributed by atoms with Gasteiger partial charge in [-0.25, -0.2) is 8.42 Å². The molecule has 1 unspecified atom stereocenters. The van der Waals surface area contributed by atoms with Gasteiger partial charge in [0.2, 0.25) is 10.0 Å². The normalized spacial score (nSPS) is 15.9. The minimum absolute atomic E-state index is 0.00395. The van der Waals surface area contributed by atoms with Crippen LogP contribution in [0.2, 0.25) is 0 Å². The number of sulfonamides is 1. The first-order valence-corrected chi connectivity index (χ1v) is 13.2. The summed E-state index contributed by atoms with van der Waals surface area (Å²) in [6.45, 7) is 0.387. The van der Waals surface area contributed by atoms with Crippen LogP contribution in [0.1, 0.15) is 6.42 Å². The number of nitrogens with zero attached hydrogens (tertiary/aromatic N) is 5. The third-order valence-corrected chi connectivity index (χ3v) is 8.23. The molecule has 1 aliphatic carbocycles. The molecule has 0 saturated carbocycles. The van der Waals surface area contributed by atoms with E-state index in [-0.39, 0.29) is 22.2 Å². The Bertz CT molecular complexity index is 1450. The number of hydrogen-bond acceptors (Lipinski definition) is 7. The highest BCUT2D eigenvalue weighted by molar-refractivity contribution is 7.93. The first-order chi connectivity index (χ1) is 17.1. The van der Waals surface area contributed by atoms with Crippen molar-refractivity contribution in [3.8, 4) is 5.82 Å². The second-order valence-corrected chi connectivity index (χ2v) is 11.2. The molecule has 2 aromatic heterocycles. The van der Waals surface area contributed by atoms with Gasteiger partial charge in [0, 0.05) is 48.2 Å². The maximum absolute atomic E-state index is 13.4. The largest absolute Gasteiger partial charge is 0.480 e. The number of benzene rings is 1. The number of allylic oxidation sites excluding steroid dienone is 3. The van der Waals surface area contributed by atoms with Crippen LogP contribution in [0.5, 0.6) is 0 Å². The van der Waals surface area contributed by atoms with Crippen LogP contribution < -0.4 is 14.9 Å². The summed E-state index contributed by atoms with van der Waals surface area (Å²) in [6, 6.07) is 10.3. The van der Waals surface area contributed by atoms with E-state index in [1.165, 1.54) is 12.2 Å². The van der Waals surface area contributed by atoms with Crippen molar-refractivity contribution in [2.75, 3.05) is 35.9 Å². The molecule has 0 amide bonds. The van der Waals surface area contributed by atoms with Gasteiger partial charge in [-0.1, -0.05) is 23.2 Å². The van der Waals surface area contributed by atoms with Crippen molar-refractivity contribution in [3.05, 3.63) is 64.8 Å². The lowest BCUT2D eigenvalue weighted by Gasteiger charge is -2.28. The molecule has 0 fully saturated rings. The Kier molecular flexibility index (Phi) is 7.55. The van der Waals surface area contributed by atoms with Gasteiger partial charge < -0.3 is 15.7 Å². The van der Waals surface area contributed by atoms with Crippen LogP contribution >= 0.6 is 23.2 Å². The number of carboxylic acid groups (broad SMARTS) is 1. The van der Waals surface area contributed by atoms with Crippen LogP contribution in [-0.4, -0.2) is 66.2 Å². The molecule has 10 nitrogen and oxygen atoms in total. The minimum Gasteiger partial charge on any atom is -0.480 e. The number of fused-ring (bicyclic) bond motifs is 1. The third kappa shape index (κ3) is 5.34. The highest BCUT2D eigenvalue weighted by Gasteiger charge is 2.34. The Balaban J connectivity index is 1.69. The topological polar surface area (TPSA) is 135 Å². The molecular formula is C23H24Cl2N6O4S. The summed E-state index contributed by atoms with van der Waals surface area (Å²) in [4.78, 5) is 13.5. The number of aromatic nitrogens is 3. The Hall–Kier alpha value is -3.12. The van der Waals surface area contributed by atoms with E-state index < -0.39 is 27.8 Å². The maximum atomic E-state index is 13.4. The van der Waals surface area contributed by atoms with Gasteiger partial charge in [0.25, 0.3) is 0 Å². The number of carboxylic acids is 1. The molecule has 0 radical (unpaired) electrons. The number of nitrogens with two attached hydrogens (primary N) is 1. The van der Waals surface area contributed by atoms with Crippen molar-refractivity contribution in [1.82, 2.24) is 14.8 Å². The van der Waals surface area contributed by atoms with Gasteiger partial charge in [0.05, 0.1) is 11.2 Å². The van der Waals surface area contributed by atoms with Gasteiger partial charge in [0.1, 0.15) is 11.8 Å². The van der Waals surface area contributed by atoms with Crippen molar-refractivity contribution in [3.63, 3.8) is 0 Å². The molecule has 2 heterocycles. The van der Waals surface area contributed by atoms with E-state index in [1.807, 2.05) is 28.6 Å². The molecule has 0 bridgehead atoms. The predicted molar refractivity (Wildman–Crippen MR) is 141 cm³/mol. The van der Waals surface area contributed by atoms with Gasteiger partial charge in [-0.2, -0.15) is 0 Å². The molecule has 1 aromatic carbocycles. The number of hydrogen-bond donors (Lipinski definition) is 2. The number of likely N-dealkylation sites (N-methyl/N-ethyl adjacent to an activating group) is 1. The van der Waals surface area contributed by atoms with E-state index in [9.17, 15) is 18.3 Å². The summed E-state index contributed by atoms with van der Waals surface area (Å²) < 4.78 is 29.6. The Morgan fingerprint density at radius 2 is 2.00 bits per heavy atom. The standard InChI is InChI=1S/C23H24Cl2N6O4S/c1-29(9-7-26)21-4-5-22(28-27-21)30-8-6-15-10-18(2-3-20(15)30)31(14-23(32)33)36(34,35)19-12-16(24)11-17(25)13-19/h2-6,8,10-12,19H,7,9,13-14,26H2,1H3,(H,32,33). The maximum Gasteiger partial charge on any atom is 0.324 e. The second kappa shape index (κ2) is 10.5. The van der Waals surface area contributed by atoms with Crippen LogP contribution in [0.25, 0.3) is 16.7 Å². The number of halogens is 2. The summed E-state index contributed by atoms with van der Waals surface area (Å²) in [6.07, 6.45) is 4.62. The highest BCUT2D eigenvalue weighted by atomic mass is 35.5. The van der Waals surface area contributed by atoms with Crippen molar-refractivity contribution in [2.24, 2.45) is 5.73 Å². The van der Waals surface area contributed by atoms with E-state index in [0.717, 1.165) is 9.82 Å². The molecule has 3 aromatic rings. The smallest absolute Gasteiger partial charge is 0.324 e. The molecule has 13 heteroatoms. The Morgan fingerprint density at radius 1 is 1.22 bits per heavy atom. The molecule has 3 N–H and O–H groups in total. The summed E-state index contributed by atoms with van der Waals surface area (Å²) in [5.74, 6) is -0.0379. The summed E-state index contributed by atoms with van der Waals surface area (Å²) in [5, 5.41) is 18.1. The molecule has 0 aliphatic heterocycles. The van der Waals surface area contributed by atoms with Crippen LogP contribution in [0, 0.1) is 0 Å². The molecule has 1 aliphatic rings. The lowest BCUT2D eigenvalue weighted by atomic mass is 10.2. The zero-order valence-electron chi connectivity index (χ0n) is 19.3. The summed E-state index contributed by atoms with van der Waals surface area (Å²) in [5.41, 5.74) is 6.55. The first kappa shape index (κ1) is 26.0. The SMILES string of the molecule is CN(CCN)c1ccc(-n2ccc3cc(N(CC(=O)O)S(=O)(=O)C4C=C(Cl)C=C(Cl)C4)ccc32)nn1. The van der Waals surface area contributed by atoms with Crippen molar-refractivity contribution < 1.29 is 18.3 Å². The lowest BCUT2D eigenvalue weighted by Crippen LogP contribution is -2.41. The number of anilines is 2. The first-order valence-electron chi connectivity index (χ1n) is 10.9. The zero-order valence-corrected chi connectivity index (χ0v) is 21.6. The molecular weight excluding hydrogens is 527 g/mol. The average molecular weight is 551 g/mol. The fourth-order valence-electron chi connectivity index (χ4n) is 3.93.